The van der Waals surface area contributed by atoms with Crippen molar-refractivity contribution in [3.05, 3.63) is 0 Å². The van der Waals surface area contributed by atoms with E-state index >= 15 is 0 Å². The van der Waals surface area contributed by atoms with E-state index in [9.17, 15) is 9.90 Å². The third kappa shape index (κ3) is 3.27. The van der Waals surface area contributed by atoms with Gasteiger partial charge in [0.05, 0.1) is 18.1 Å². The lowest BCUT2D eigenvalue weighted by Crippen LogP contribution is -2.41. The Morgan fingerprint density at radius 1 is 1.57 bits per heavy atom. The molecular formula is C10H21NO3. The second-order valence-corrected chi connectivity index (χ2v) is 3.61. The van der Waals surface area contributed by atoms with Crippen LogP contribution in [0, 0.1) is 5.41 Å². The molecule has 3 N–H and O–H groups in total. The van der Waals surface area contributed by atoms with Crippen LogP contribution in [0.2, 0.25) is 0 Å². The van der Waals surface area contributed by atoms with Gasteiger partial charge in [-0.25, -0.2) is 0 Å². The van der Waals surface area contributed by atoms with E-state index < -0.39 is 11.5 Å². The van der Waals surface area contributed by atoms with E-state index in [1.165, 1.54) is 0 Å². The van der Waals surface area contributed by atoms with Crippen molar-refractivity contribution in [1.82, 2.24) is 0 Å². The molecule has 0 aliphatic heterocycles. The van der Waals surface area contributed by atoms with Crippen LogP contribution in [-0.4, -0.2) is 30.3 Å². The van der Waals surface area contributed by atoms with Crippen molar-refractivity contribution in [2.24, 2.45) is 11.1 Å². The fraction of sp³-hybridized carbons (Fsp3) is 0.900. The van der Waals surface area contributed by atoms with Gasteiger partial charge in [-0.05, 0) is 26.7 Å². The van der Waals surface area contributed by atoms with Crippen LogP contribution < -0.4 is 5.73 Å². The van der Waals surface area contributed by atoms with Gasteiger partial charge in [0, 0.05) is 6.54 Å². The quantitative estimate of drug-likeness (QED) is 0.622. The average Bonchev–Trinajstić information content (AvgIpc) is 2.14. The molecule has 0 aliphatic rings. The van der Waals surface area contributed by atoms with Crippen LogP contribution in [0.4, 0.5) is 0 Å². The number of esters is 1. The van der Waals surface area contributed by atoms with Crippen molar-refractivity contribution >= 4 is 5.97 Å². The summed E-state index contributed by atoms with van der Waals surface area (Å²) in [6.07, 6.45) is 0.411. The minimum Gasteiger partial charge on any atom is -0.466 e. The minimum absolute atomic E-state index is 0.216. The lowest BCUT2D eigenvalue weighted by molar-refractivity contribution is -0.157. The first kappa shape index (κ1) is 13.4. The SMILES string of the molecule is CCOC(=O)C(CC)(CN)CC(C)O. The molecule has 0 bridgehead atoms. The molecule has 0 amide bonds. The van der Waals surface area contributed by atoms with Gasteiger partial charge in [-0.3, -0.25) is 4.79 Å². The van der Waals surface area contributed by atoms with Gasteiger partial charge in [-0.15, -0.1) is 0 Å². The van der Waals surface area contributed by atoms with Crippen LogP contribution in [0.25, 0.3) is 0 Å². The summed E-state index contributed by atoms with van der Waals surface area (Å²) >= 11 is 0. The van der Waals surface area contributed by atoms with Crippen molar-refractivity contribution in [3.63, 3.8) is 0 Å². The van der Waals surface area contributed by atoms with Crippen LogP contribution in [-0.2, 0) is 9.53 Å². The van der Waals surface area contributed by atoms with E-state index in [0.29, 0.717) is 19.4 Å². The second kappa shape index (κ2) is 5.98. The van der Waals surface area contributed by atoms with Crippen LogP contribution in [0.5, 0.6) is 0 Å². The molecular weight excluding hydrogens is 182 g/mol. The molecule has 4 nitrogen and oxygen atoms in total. The van der Waals surface area contributed by atoms with E-state index in [4.69, 9.17) is 10.5 Å². The van der Waals surface area contributed by atoms with E-state index in [1.54, 1.807) is 13.8 Å². The Balaban J connectivity index is 4.59. The van der Waals surface area contributed by atoms with E-state index in [2.05, 4.69) is 0 Å². The number of aliphatic hydroxyl groups is 1. The zero-order valence-corrected chi connectivity index (χ0v) is 9.25. The van der Waals surface area contributed by atoms with Gasteiger partial charge >= 0.3 is 5.97 Å². The molecule has 0 aromatic heterocycles. The molecule has 0 spiro atoms. The first-order chi connectivity index (χ1) is 6.52. The highest BCUT2D eigenvalue weighted by atomic mass is 16.5. The minimum atomic E-state index is -0.718. The molecule has 0 aliphatic carbocycles. The molecule has 0 aromatic rings. The number of rotatable bonds is 6. The molecule has 2 atom stereocenters. The van der Waals surface area contributed by atoms with Gasteiger partial charge in [0.25, 0.3) is 0 Å². The second-order valence-electron chi connectivity index (χ2n) is 3.61. The summed E-state index contributed by atoms with van der Waals surface area (Å²) in [5, 5.41) is 9.30. The maximum Gasteiger partial charge on any atom is 0.313 e. The summed E-state index contributed by atoms with van der Waals surface area (Å²) in [6.45, 7) is 5.86. The van der Waals surface area contributed by atoms with E-state index in [0.717, 1.165) is 0 Å². The predicted octanol–water partition coefficient (Wildman–Crippen LogP) is 0.676. The number of hydrogen-bond donors (Lipinski definition) is 2. The van der Waals surface area contributed by atoms with Gasteiger partial charge < -0.3 is 15.6 Å². The van der Waals surface area contributed by atoms with Crippen LogP contribution in [0.3, 0.4) is 0 Å². The average molecular weight is 203 g/mol. The lowest BCUT2D eigenvalue weighted by atomic mass is 9.80. The first-order valence-electron chi connectivity index (χ1n) is 5.07. The topological polar surface area (TPSA) is 72.5 Å². The number of nitrogens with two attached hydrogens (primary N) is 1. The predicted molar refractivity (Wildman–Crippen MR) is 54.7 cm³/mol. The largest absolute Gasteiger partial charge is 0.466 e. The fourth-order valence-corrected chi connectivity index (χ4v) is 1.53. The maximum absolute atomic E-state index is 11.6. The molecule has 84 valence electrons. The lowest BCUT2D eigenvalue weighted by Gasteiger charge is -2.29. The molecule has 0 saturated carbocycles. The number of carbonyl (C=O) groups excluding carboxylic acids is 1. The molecule has 2 unspecified atom stereocenters. The Bertz CT molecular complexity index is 176. The van der Waals surface area contributed by atoms with Gasteiger partial charge in [-0.1, -0.05) is 6.92 Å². The molecule has 0 heterocycles. The van der Waals surface area contributed by atoms with Crippen molar-refractivity contribution in [2.75, 3.05) is 13.2 Å². The normalized spacial score (nSPS) is 17.2. The Morgan fingerprint density at radius 3 is 2.43 bits per heavy atom. The number of aliphatic hydroxyl groups excluding tert-OH is 1. The van der Waals surface area contributed by atoms with Crippen LogP contribution in [0.1, 0.15) is 33.6 Å². The molecule has 4 heteroatoms. The summed E-state index contributed by atoms with van der Waals surface area (Å²) in [4.78, 5) is 11.6. The molecule has 0 aromatic carbocycles. The van der Waals surface area contributed by atoms with Crippen molar-refractivity contribution < 1.29 is 14.6 Å². The molecule has 14 heavy (non-hydrogen) atoms. The summed E-state index contributed by atoms with van der Waals surface area (Å²) < 4.78 is 4.96. The van der Waals surface area contributed by atoms with E-state index in [-0.39, 0.29) is 12.5 Å². The Hall–Kier alpha value is -0.610. The summed E-state index contributed by atoms with van der Waals surface area (Å²) in [5.41, 5.74) is 4.87. The van der Waals surface area contributed by atoms with Gasteiger partial charge in [-0.2, -0.15) is 0 Å². The molecule has 0 saturated heterocycles. The summed E-state index contributed by atoms with van der Waals surface area (Å²) in [7, 11) is 0. The Labute approximate surface area is 85.4 Å². The van der Waals surface area contributed by atoms with Gasteiger partial charge in [0.1, 0.15) is 0 Å². The van der Waals surface area contributed by atoms with Gasteiger partial charge in [0.15, 0.2) is 0 Å². The van der Waals surface area contributed by atoms with Crippen molar-refractivity contribution in [1.29, 1.82) is 0 Å². The van der Waals surface area contributed by atoms with Crippen LogP contribution in [0.15, 0.2) is 0 Å². The summed E-state index contributed by atoms with van der Waals surface area (Å²) in [5.74, 6) is -0.300. The van der Waals surface area contributed by atoms with Crippen LogP contribution >= 0.6 is 0 Å². The number of hydrogen-bond acceptors (Lipinski definition) is 4. The van der Waals surface area contributed by atoms with Crippen molar-refractivity contribution in [2.45, 2.75) is 39.7 Å². The number of carbonyl (C=O) groups is 1. The standard InChI is InChI=1S/C10H21NO3/c1-4-10(7-11,6-8(3)12)9(13)14-5-2/h8,12H,4-7,11H2,1-3H3. The number of ether oxygens (including phenoxy) is 1. The maximum atomic E-state index is 11.6. The zero-order chi connectivity index (χ0) is 11.2. The highest BCUT2D eigenvalue weighted by Gasteiger charge is 2.37. The van der Waals surface area contributed by atoms with Crippen molar-refractivity contribution in [3.8, 4) is 0 Å². The molecule has 0 fully saturated rings. The highest BCUT2D eigenvalue weighted by molar-refractivity contribution is 5.77. The fourth-order valence-electron chi connectivity index (χ4n) is 1.53. The van der Waals surface area contributed by atoms with Gasteiger partial charge in [0.2, 0.25) is 0 Å². The van der Waals surface area contributed by atoms with E-state index in [1.807, 2.05) is 6.92 Å². The smallest absolute Gasteiger partial charge is 0.313 e. The Kier molecular flexibility index (Phi) is 5.72. The zero-order valence-electron chi connectivity index (χ0n) is 9.25. The monoisotopic (exact) mass is 203 g/mol. The third-order valence-corrected chi connectivity index (χ3v) is 2.46. The first-order valence-corrected chi connectivity index (χ1v) is 5.07. The third-order valence-electron chi connectivity index (χ3n) is 2.46. The highest BCUT2D eigenvalue weighted by Crippen LogP contribution is 2.28. The summed E-state index contributed by atoms with van der Waals surface area (Å²) in [6, 6.07) is 0. The Morgan fingerprint density at radius 2 is 2.14 bits per heavy atom. The molecule has 0 rings (SSSR count). The molecule has 0 radical (unpaired) electrons.